The molecule has 2 heteroatoms. The lowest BCUT2D eigenvalue weighted by Crippen LogP contribution is -2.28. The minimum Gasteiger partial charge on any atom is -0.461 e. The molecule has 0 saturated carbocycles. The van der Waals surface area contributed by atoms with Gasteiger partial charge in [-0.15, -0.1) is 0 Å². The van der Waals surface area contributed by atoms with Gasteiger partial charge in [-0.25, -0.2) is 0 Å². The Balaban J connectivity index is 1.68. The third-order valence-electron chi connectivity index (χ3n) is 7.00. The van der Waals surface area contributed by atoms with Crippen molar-refractivity contribution in [3.8, 4) is 22.3 Å². The lowest BCUT2D eigenvalue weighted by molar-refractivity contribution is 0.101. The van der Waals surface area contributed by atoms with Crippen molar-refractivity contribution < 1.29 is 9.21 Å². The van der Waals surface area contributed by atoms with E-state index >= 15 is 0 Å². The van der Waals surface area contributed by atoms with Crippen LogP contribution in [-0.2, 0) is 5.41 Å². The highest BCUT2D eigenvalue weighted by Gasteiger charge is 2.53. The summed E-state index contributed by atoms with van der Waals surface area (Å²) in [5.41, 5.74) is 9.66. The van der Waals surface area contributed by atoms with Crippen LogP contribution in [0.5, 0.6) is 0 Å². The minimum atomic E-state index is -0.530. The zero-order valence-corrected chi connectivity index (χ0v) is 17.2. The summed E-state index contributed by atoms with van der Waals surface area (Å²) < 4.78 is 5.53. The first-order valence-electron chi connectivity index (χ1n) is 10.8. The van der Waals surface area contributed by atoms with Gasteiger partial charge in [-0.05, 0) is 56.6 Å². The SMILES string of the molecule is O=C(c1ccco1)c1cccc2c1C1(c3ccccc3-c3ccccc31)c1ccccc1-2. The fraction of sp³-hybridized carbons (Fsp3) is 0.0333. The van der Waals surface area contributed by atoms with Crippen molar-refractivity contribution in [2.24, 2.45) is 0 Å². The smallest absolute Gasteiger partial charge is 0.228 e. The molecule has 7 rings (SSSR count). The largest absolute Gasteiger partial charge is 0.461 e. The van der Waals surface area contributed by atoms with Crippen molar-refractivity contribution in [2.45, 2.75) is 5.41 Å². The Morgan fingerprint density at radius 2 is 1.09 bits per heavy atom. The highest BCUT2D eigenvalue weighted by Crippen LogP contribution is 2.63. The van der Waals surface area contributed by atoms with Crippen LogP contribution in [-0.4, -0.2) is 5.78 Å². The fourth-order valence-corrected chi connectivity index (χ4v) is 5.88. The molecule has 2 aliphatic carbocycles. The van der Waals surface area contributed by atoms with E-state index < -0.39 is 5.41 Å². The zero-order chi connectivity index (χ0) is 21.3. The third kappa shape index (κ3) is 1.97. The third-order valence-corrected chi connectivity index (χ3v) is 7.00. The second-order valence-corrected chi connectivity index (χ2v) is 8.42. The van der Waals surface area contributed by atoms with E-state index in [-0.39, 0.29) is 5.78 Å². The van der Waals surface area contributed by atoms with E-state index in [1.54, 1.807) is 18.4 Å². The Morgan fingerprint density at radius 3 is 1.66 bits per heavy atom. The first-order chi connectivity index (χ1) is 15.8. The van der Waals surface area contributed by atoms with Gasteiger partial charge < -0.3 is 4.42 Å². The number of hydrogen-bond acceptors (Lipinski definition) is 2. The van der Waals surface area contributed by atoms with Gasteiger partial charge in [-0.1, -0.05) is 91.0 Å². The van der Waals surface area contributed by atoms with Gasteiger partial charge in [0.2, 0.25) is 5.78 Å². The van der Waals surface area contributed by atoms with Crippen LogP contribution in [0.25, 0.3) is 22.3 Å². The van der Waals surface area contributed by atoms with Gasteiger partial charge in [0.1, 0.15) is 0 Å². The Bertz CT molecular complexity index is 1480. The van der Waals surface area contributed by atoms with E-state index in [0.29, 0.717) is 11.3 Å². The Morgan fingerprint density at radius 1 is 0.562 bits per heavy atom. The van der Waals surface area contributed by atoms with E-state index in [2.05, 4.69) is 78.9 Å². The standard InChI is InChI=1S/C30H18O2/c31-29(27-17-8-18-32-27)23-13-7-12-22-21-11-3-6-16-26(21)30(28(22)23)24-14-4-1-9-19(24)20-10-2-5-15-25(20)30/h1-18H. The van der Waals surface area contributed by atoms with Gasteiger partial charge in [-0.3, -0.25) is 4.79 Å². The van der Waals surface area contributed by atoms with Crippen molar-refractivity contribution >= 4 is 5.78 Å². The molecule has 1 aromatic heterocycles. The molecule has 1 heterocycles. The first kappa shape index (κ1) is 17.5. The van der Waals surface area contributed by atoms with Crippen LogP contribution >= 0.6 is 0 Å². The average molecular weight is 410 g/mol. The second-order valence-electron chi connectivity index (χ2n) is 8.42. The molecule has 0 radical (unpaired) electrons. The summed E-state index contributed by atoms with van der Waals surface area (Å²) in [5.74, 6) is 0.282. The van der Waals surface area contributed by atoms with Gasteiger partial charge in [0.15, 0.2) is 5.76 Å². The van der Waals surface area contributed by atoms with Crippen LogP contribution in [0.1, 0.15) is 38.4 Å². The van der Waals surface area contributed by atoms with Crippen LogP contribution in [0.3, 0.4) is 0 Å². The summed E-state index contributed by atoms with van der Waals surface area (Å²) in [5, 5.41) is 0. The first-order valence-corrected chi connectivity index (χ1v) is 10.8. The maximum Gasteiger partial charge on any atom is 0.228 e. The summed E-state index contributed by atoms with van der Waals surface area (Å²) in [6, 6.07) is 35.4. The van der Waals surface area contributed by atoms with E-state index in [1.807, 2.05) is 12.1 Å². The number of carbonyl (C=O) groups excluding carboxylic acids is 1. The number of fused-ring (bicyclic) bond motifs is 10. The molecule has 4 aromatic carbocycles. The molecule has 0 bridgehead atoms. The molecule has 32 heavy (non-hydrogen) atoms. The maximum atomic E-state index is 13.7. The summed E-state index contributed by atoms with van der Waals surface area (Å²) in [6.07, 6.45) is 1.56. The van der Waals surface area contributed by atoms with Gasteiger partial charge in [-0.2, -0.15) is 0 Å². The monoisotopic (exact) mass is 410 g/mol. The van der Waals surface area contributed by atoms with E-state index in [0.717, 1.165) is 11.1 Å². The van der Waals surface area contributed by atoms with Crippen molar-refractivity contribution in [1.29, 1.82) is 0 Å². The van der Waals surface area contributed by atoms with Crippen molar-refractivity contribution in [3.05, 3.63) is 143 Å². The molecular formula is C30H18O2. The number of rotatable bonds is 2. The quantitative estimate of drug-likeness (QED) is 0.292. The number of benzene rings is 4. The fourth-order valence-electron chi connectivity index (χ4n) is 5.88. The average Bonchev–Trinajstić information content (AvgIpc) is 3.56. The molecule has 150 valence electrons. The van der Waals surface area contributed by atoms with Gasteiger partial charge in [0, 0.05) is 5.56 Å². The summed E-state index contributed by atoms with van der Waals surface area (Å²) >= 11 is 0. The highest BCUT2D eigenvalue weighted by atomic mass is 16.3. The summed E-state index contributed by atoms with van der Waals surface area (Å²) in [6.45, 7) is 0. The number of furan rings is 1. The molecule has 5 aromatic rings. The molecule has 2 aliphatic rings. The molecule has 0 fully saturated rings. The lowest BCUT2D eigenvalue weighted by atomic mass is 9.69. The van der Waals surface area contributed by atoms with Crippen molar-refractivity contribution in [1.82, 2.24) is 0 Å². The molecule has 0 N–H and O–H groups in total. The van der Waals surface area contributed by atoms with Gasteiger partial charge >= 0.3 is 0 Å². The second kappa shape index (κ2) is 6.18. The molecule has 0 atom stereocenters. The predicted molar refractivity (Wildman–Crippen MR) is 125 cm³/mol. The van der Waals surface area contributed by atoms with Crippen molar-refractivity contribution in [2.75, 3.05) is 0 Å². The minimum absolute atomic E-state index is 0.0825. The van der Waals surface area contributed by atoms with Gasteiger partial charge in [0.05, 0.1) is 11.7 Å². The van der Waals surface area contributed by atoms with Crippen LogP contribution in [0, 0.1) is 0 Å². The predicted octanol–water partition coefficient (Wildman–Crippen LogP) is 6.85. The Kier molecular flexibility index (Phi) is 3.38. The molecule has 2 nitrogen and oxygen atoms in total. The van der Waals surface area contributed by atoms with E-state index in [1.165, 1.54) is 33.4 Å². The number of carbonyl (C=O) groups is 1. The highest BCUT2D eigenvalue weighted by molar-refractivity contribution is 6.11. The Labute approximate surface area is 185 Å². The summed E-state index contributed by atoms with van der Waals surface area (Å²) in [4.78, 5) is 13.7. The number of ketones is 1. The molecule has 0 amide bonds. The normalized spacial score (nSPS) is 14.0. The maximum absolute atomic E-state index is 13.7. The zero-order valence-electron chi connectivity index (χ0n) is 17.2. The van der Waals surface area contributed by atoms with Crippen LogP contribution in [0.2, 0.25) is 0 Å². The van der Waals surface area contributed by atoms with Crippen LogP contribution < -0.4 is 0 Å². The molecular weight excluding hydrogens is 392 g/mol. The van der Waals surface area contributed by atoms with E-state index in [4.69, 9.17) is 4.42 Å². The molecule has 0 saturated heterocycles. The summed E-state index contributed by atoms with van der Waals surface area (Å²) in [7, 11) is 0. The molecule has 0 unspecified atom stereocenters. The van der Waals surface area contributed by atoms with Crippen LogP contribution in [0.15, 0.2) is 114 Å². The van der Waals surface area contributed by atoms with Crippen LogP contribution in [0.4, 0.5) is 0 Å². The van der Waals surface area contributed by atoms with E-state index in [9.17, 15) is 4.79 Å². The number of hydrogen-bond donors (Lipinski definition) is 0. The van der Waals surface area contributed by atoms with Crippen molar-refractivity contribution in [3.63, 3.8) is 0 Å². The molecule has 0 aliphatic heterocycles. The topological polar surface area (TPSA) is 30.2 Å². The lowest BCUT2D eigenvalue weighted by Gasteiger charge is -2.31. The molecule has 1 spiro atoms. The Hall–Kier alpha value is -4.17. The van der Waals surface area contributed by atoms with Gasteiger partial charge in [0.25, 0.3) is 0 Å².